The lowest BCUT2D eigenvalue weighted by Crippen LogP contribution is -2.11. The lowest BCUT2D eigenvalue weighted by Gasteiger charge is -2.11. The summed E-state index contributed by atoms with van der Waals surface area (Å²) < 4.78 is 0. The summed E-state index contributed by atoms with van der Waals surface area (Å²) in [5.74, 6) is -1.38. The molecule has 1 aliphatic rings. The van der Waals surface area contributed by atoms with E-state index in [2.05, 4.69) is 0 Å². The number of halogens is 1. The number of rotatable bonds is 2. The number of fused-ring (bicyclic) bond motifs is 3. The summed E-state index contributed by atoms with van der Waals surface area (Å²) in [4.78, 5) is 11.1. The van der Waals surface area contributed by atoms with Gasteiger partial charge >= 0.3 is 5.97 Å². The Morgan fingerprint density at radius 2 is 1.95 bits per heavy atom. The van der Waals surface area contributed by atoms with Gasteiger partial charge in [-0.05, 0) is 46.9 Å². The van der Waals surface area contributed by atoms with Gasteiger partial charge in [-0.3, -0.25) is 4.79 Å². The molecular formula is C16H14ClNO2. The van der Waals surface area contributed by atoms with E-state index in [1.54, 1.807) is 6.92 Å². The van der Waals surface area contributed by atoms with Gasteiger partial charge in [-0.1, -0.05) is 35.9 Å². The molecule has 20 heavy (non-hydrogen) atoms. The summed E-state index contributed by atoms with van der Waals surface area (Å²) >= 11 is 6.04. The number of aliphatic carboxylic acids is 1. The SMILES string of the molecule is CC(C(=O)O)c1ccc2c(c1)C(N)c1ccc(Cl)cc1-2. The molecule has 0 saturated heterocycles. The van der Waals surface area contributed by atoms with Crippen molar-refractivity contribution in [1.82, 2.24) is 0 Å². The van der Waals surface area contributed by atoms with E-state index in [4.69, 9.17) is 22.4 Å². The van der Waals surface area contributed by atoms with Crippen molar-refractivity contribution in [3.05, 3.63) is 58.1 Å². The number of benzene rings is 2. The Labute approximate surface area is 122 Å². The maximum absolute atomic E-state index is 11.1. The molecule has 3 nitrogen and oxygen atoms in total. The average Bonchev–Trinajstić information content (AvgIpc) is 2.70. The van der Waals surface area contributed by atoms with Crippen LogP contribution in [0.4, 0.5) is 0 Å². The summed E-state index contributed by atoms with van der Waals surface area (Å²) in [6.45, 7) is 1.68. The second-order valence-electron chi connectivity index (χ2n) is 5.12. The number of carboxylic acids is 1. The molecule has 0 spiro atoms. The smallest absolute Gasteiger partial charge is 0.310 e. The molecule has 3 N–H and O–H groups in total. The molecule has 0 saturated carbocycles. The van der Waals surface area contributed by atoms with E-state index in [0.717, 1.165) is 27.8 Å². The van der Waals surface area contributed by atoms with Gasteiger partial charge < -0.3 is 10.8 Å². The zero-order valence-electron chi connectivity index (χ0n) is 10.9. The summed E-state index contributed by atoms with van der Waals surface area (Å²) in [6, 6.07) is 11.1. The predicted octanol–water partition coefficient (Wildman–Crippen LogP) is 3.56. The van der Waals surface area contributed by atoms with Crippen molar-refractivity contribution in [2.45, 2.75) is 18.9 Å². The lowest BCUT2D eigenvalue weighted by atomic mass is 9.95. The van der Waals surface area contributed by atoms with Crippen molar-refractivity contribution in [3.8, 4) is 11.1 Å². The Kier molecular flexibility index (Phi) is 3.04. The van der Waals surface area contributed by atoms with Gasteiger partial charge in [0.25, 0.3) is 0 Å². The number of hydrogen-bond donors (Lipinski definition) is 2. The molecule has 0 fully saturated rings. The number of hydrogen-bond acceptors (Lipinski definition) is 2. The van der Waals surface area contributed by atoms with Crippen LogP contribution in [0.15, 0.2) is 36.4 Å². The summed E-state index contributed by atoms with van der Waals surface area (Å²) in [6.07, 6.45) is 0. The normalized spacial score (nSPS) is 17.4. The van der Waals surface area contributed by atoms with E-state index in [0.29, 0.717) is 5.02 Å². The first-order chi connectivity index (χ1) is 9.49. The second-order valence-corrected chi connectivity index (χ2v) is 5.55. The van der Waals surface area contributed by atoms with Crippen molar-refractivity contribution in [3.63, 3.8) is 0 Å². The molecular weight excluding hydrogens is 274 g/mol. The third kappa shape index (κ3) is 1.90. The zero-order valence-corrected chi connectivity index (χ0v) is 11.7. The van der Waals surface area contributed by atoms with Crippen molar-refractivity contribution in [2.75, 3.05) is 0 Å². The molecule has 3 rings (SSSR count). The molecule has 1 aliphatic carbocycles. The van der Waals surface area contributed by atoms with Crippen molar-refractivity contribution >= 4 is 17.6 Å². The van der Waals surface area contributed by atoms with Gasteiger partial charge in [-0.25, -0.2) is 0 Å². The minimum Gasteiger partial charge on any atom is -0.481 e. The number of nitrogens with two attached hydrogens (primary N) is 1. The van der Waals surface area contributed by atoms with Gasteiger partial charge in [-0.2, -0.15) is 0 Å². The van der Waals surface area contributed by atoms with Crippen LogP contribution in [0, 0.1) is 0 Å². The van der Waals surface area contributed by atoms with E-state index in [1.807, 2.05) is 36.4 Å². The Morgan fingerprint density at radius 3 is 2.65 bits per heavy atom. The molecule has 2 atom stereocenters. The third-order valence-electron chi connectivity index (χ3n) is 3.92. The predicted molar refractivity (Wildman–Crippen MR) is 79.0 cm³/mol. The van der Waals surface area contributed by atoms with Crippen LogP contribution in [0.1, 0.15) is 35.6 Å². The van der Waals surface area contributed by atoms with Gasteiger partial charge in [0.05, 0.1) is 12.0 Å². The van der Waals surface area contributed by atoms with Crippen molar-refractivity contribution in [2.24, 2.45) is 5.73 Å². The van der Waals surface area contributed by atoms with Crippen LogP contribution in [0.3, 0.4) is 0 Å². The molecule has 0 bridgehead atoms. The topological polar surface area (TPSA) is 63.3 Å². The van der Waals surface area contributed by atoms with Crippen LogP contribution in [0.25, 0.3) is 11.1 Å². The fourth-order valence-corrected chi connectivity index (χ4v) is 2.87. The summed E-state index contributed by atoms with van der Waals surface area (Å²) in [5, 5.41) is 9.78. The van der Waals surface area contributed by atoms with E-state index in [-0.39, 0.29) is 6.04 Å². The molecule has 0 aliphatic heterocycles. The lowest BCUT2D eigenvalue weighted by molar-refractivity contribution is -0.138. The molecule has 4 heteroatoms. The fourth-order valence-electron chi connectivity index (χ4n) is 2.70. The van der Waals surface area contributed by atoms with Crippen LogP contribution in [-0.2, 0) is 4.79 Å². The maximum atomic E-state index is 11.1. The molecule has 2 aromatic rings. The Hall–Kier alpha value is -1.84. The van der Waals surface area contributed by atoms with E-state index < -0.39 is 11.9 Å². The highest BCUT2D eigenvalue weighted by Crippen LogP contribution is 2.44. The highest BCUT2D eigenvalue weighted by molar-refractivity contribution is 6.31. The van der Waals surface area contributed by atoms with Gasteiger partial charge in [0, 0.05) is 5.02 Å². The van der Waals surface area contributed by atoms with Gasteiger partial charge in [0.2, 0.25) is 0 Å². The van der Waals surface area contributed by atoms with Crippen LogP contribution < -0.4 is 5.73 Å². The standard InChI is InChI=1S/C16H14ClNO2/c1-8(16(19)20)9-2-4-11-13-7-10(17)3-5-12(13)15(18)14(11)6-9/h2-8,15H,18H2,1H3,(H,19,20). The molecule has 0 radical (unpaired) electrons. The van der Waals surface area contributed by atoms with Crippen LogP contribution in [0.2, 0.25) is 5.02 Å². The Bertz CT molecular complexity index is 712. The minimum atomic E-state index is -0.836. The monoisotopic (exact) mass is 287 g/mol. The number of carboxylic acid groups (broad SMARTS) is 1. The molecule has 0 heterocycles. The second kappa shape index (κ2) is 4.62. The average molecular weight is 288 g/mol. The van der Waals surface area contributed by atoms with E-state index in [9.17, 15) is 4.79 Å². The van der Waals surface area contributed by atoms with Crippen LogP contribution in [0.5, 0.6) is 0 Å². The Morgan fingerprint density at radius 1 is 1.20 bits per heavy atom. The molecule has 2 unspecified atom stereocenters. The van der Waals surface area contributed by atoms with Crippen molar-refractivity contribution in [1.29, 1.82) is 0 Å². The Balaban J connectivity index is 2.14. The van der Waals surface area contributed by atoms with Crippen LogP contribution >= 0.6 is 11.6 Å². The summed E-state index contributed by atoms with van der Waals surface area (Å²) in [5.41, 5.74) is 11.1. The first kappa shape index (κ1) is 13.2. The largest absolute Gasteiger partial charge is 0.481 e. The first-order valence-corrected chi connectivity index (χ1v) is 6.79. The van der Waals surface area contributed by atoms with Crippen molar-refractivity contribution < 1.29 is 9.90 Å². The van der Waals surface area contributed by atoms with Gasteiger partial charge in [0.1, 0.15) is 0 Å². The highest BCUT2D eigenvalue weighted by atomic mass is 35.5. The van der Waals surface area contributed by atoms with E-state index in [1.165, 1.54) is 0 Å². The third-order valence-corrected chi connectivity index (χ3v) is 4.16. The van der Waals surface area contributed by atoms with Gasteiger partial charge in [-0.15, -0.1) is 0 Å². The molecule has 102 valence electrons. The quantitative estimate of drug-likeness (QED) is 0.888. The molecule has 0 aromatic heterocycles. The maximum Gasteiger partial charge on any atom is 0.310 e. The molecule has 0 amide bonds. The number of carbonyl (C=O) groups is 1. The zero-order chi connectivity index (χ0) is 14.4. The summed E-state index contributed by atoms with van der Waals surface area (Å²) in [7, 11) is 0. The highest BCUT2D eigenvalue weighted by Gasteiger charge is 2.27. The fraction of sp³-hybridized carbons (Fsp3) is 0.188. The molecule has 2 aromatic carbocycles. The minimum absolute atomic E-state index is 0.224. The van der Waals surface area contributed by atoms with Crippen LogP contribution in [-0.4, -0.2) is 11.1 Å². The van der Waals surface area contributed by atoms with Gasteiger partial charge in [0.15, 0.2) is 0 Å². The first-order valence-electron chi connectivity index (χ1n) is 6.41. The van der Waals surface area contributed by atoms with E-state index >= 15 is 0 Å².